The molecule has 0 amide bonds. The highest BCUT2D eigenvalue weighted by Gasteiger charge is 2.33. The van der Waals surface area contributed by atoms with Crippen molar-refractivity contribution in [3.05, 3.63) is 71.8 Å². The molecule has 0 aliphatic carbocycles. The van der Waals surface area contributed by atoms with Gasteiger partial charge in [0.05, 0.1) is 5.92 Å². The van der Waals surface area contributed by atoms with Crippen LogP contribution in [0.5, 0.6) is 0 Å². The summed E-state index contributed by atoms with van der Waals surface area (Å²) in [6, 6.07) is 17.5. The molecule has 2 aromatic carbocycles. The quantitative estimate of drug-likeness (QED) is 0.858. The average molecular weight is 297 g/mol. The molecular weight excluding hydrogens is 278 g/mol. The lowest BCUT2D eigenvalue weighted by molar-refractivity contribution is -0.142. The number of carboxylic acid groups (broad SMARTS) is 1. The molecule has 0 aromatic heterocycles. The summed E-state index contributed by atoms with van der Waals surface area (Å²) >= 11 is 0. The second-order valence-electron chi connectivity index (χ2n) is 5.31. The summed E-state index contributed by atoms with van der Waals surface area (Å²) in [7, 11) is 0. The van der Waals surface area contributed by atoms with Crippen LogP contribution in [0.2, 0.25) is 0 Å². The van der Waals surface area contributed by atoms with Gasteiger partial charge in [-0.05, 0) is 11.1 Å². The Morgan fingerprint density at radius 1 is 0.909 bits per heavy atom. The van der Waals surface area contributed by atoms with Crippen LogP contribution >= 0.6 is 0 Å². The second kappa shape index (κ2) is 7.00. The van der Waals surface area contributed by atoms with E-state index in [4.69, 9.17) is 10.8 Å². The van der Waals surface area contributed by atoms with Crippen LogP contribution in [0.15, 0.2) is 60.7 Å². The smallest absolute Gasteiger partial charge is 0.321 e. The first-order chi connectivity index (χ1) is 10.5. The summed E-state index contributed by atoms with van der Waals surface area (Å²) in [6.07, 6.45) is 0. The second-order valence-corrected chi connectivity index (χ2v) is 5.31. The molecule has 0 bridgehead atoms. The number of ketones is 1. The maximum atomic E-state index is 12.8. The number of carbonyl (C=O) groups is 2. The van der Waals surface area contributed by atoms with Gasteiger partial charge in [-0.3, -0.25) is 9.59 Å². The number of aliphatic carboxylic acids is 1. The van der Waals surface area contributed by atoms with Gasteiger partial charge in [0.25, 0.3) is 0 Å². The van der Waals surface area contributed by atoms with E-state index in [0.29, 0.717) is 0 Å². The molecule has 0 heterocycles. The minimum Gasteiger partial charge on any atom is -0.480 e. The fraction of sp³-hybridized carbons (Fsp3) is 0.222. The first kappa shape index (κ1) is 15.9. The zero-order valence-electron chi connectivity index (χ0n) is 12.3. The maximum Gasteiger partial charge on any atom is 0.321 e. The molecule has 0 fully saturated rings. The number of benzene rings is 2. The molecule has 114 valence electrons. The van der Waals surface area contributed by atoms with Gasteiger partial charge in [-0.25, -0.2) is 0 Å². The van der Waals surface area contributed by atoms with Gasteiger partial charge >= 0.3 is 5.97 Å². The summed E-state index contributed by atoms with van der Waals surface area (Å²) in [5.74, 6) is -2.64. The average Bonchev–Trinajstić information content (AvgIpc) is 2.55. The molecular formula is C18H19NO3. The van der Waals surface area contributed by atoms with Crippen LogP contribution in [0.25, 0.3) is 0 Å². The highest BCUT2D eigenvalue weighted by molar-refractivity contribution is 5.94. The molecule has 0 aliphatic heterocycles. The molecule has 0 aliphatic rings. The van der Waals surface area contributed by atoms with E-state index in [0.717, 1.165) is 11.1 Å². The van der Waals surface area contributed by atoms with E-state index in [1.54, 1.807) is 6.92 Å². The largest absolute Gasteiger partial charge is 0.480 e. The van der Waals surface area contributed by atoms with Crippen LogP contribution in [0, 0.1) is 5.92 Å². The minimum absolute atomic E-state index is 0.188. The van der Waals surface area contributed by atoms with Gasteiger partial charge in [-0.15, -0.1) is 0 Å². The fourth-order valence-electron chi connectivity index (χ4n) is 2.47. The molecule has 4 nitrogen and oxygen atoms in total. The van der Waals surface area contributed by atoms with E-state index in [1.807, 2.05) is 60.7 Å². The number of hydrogen-bond donors (Lipinski definition) is 2. The monoisotopic (exact) mass is 297 g/mol. The lowest BCUT2D eigenvalue weighted by Crippen LogP contribution is -2.42. The Bertz CT molecular complexity index is 600. The summed E-state index contributed by atoms with van der Waals surface area (Å²) in [4.78, 5) is 23.9. The molecule has 0 saturated heterocycles. The van der Waals surface area contributed by atoms with E-state index in [2.05, 4.69) is 0 Å². The molecule has 2 aromatic rings. The number of Topliss-reactive ketones (excluding diaryl/α,β-unsaturated/α-hetero) is 1. The van der Waals surface area contributed by atoms with Crippen LogP contribution in [0.1, 0.15) is 24.0 Å². The summed E-state index contributed by atoms with van der Waals surface area (Å²) in [5, 5.41) is 9.05. The Balaban J connectivity index is 2.41. The number of nitrogens with two attached hydrogens (primary N) is 1. The fourth-order valence-corrected chi connectivity index (χ4v) is 2.47. The van der Waals surface area contributed by atoms with Crippen molar-refractivity contribution < 1.29 is 14.7 Å². The Hall–Kier alpha value is -2.46. The standard InChI is InChI=1S/C18H19NO3/c1-12(16(19)18(21)22)17(20)15(13-8-4-2-5-9-13)14-10-6-3-7-11-14/h2-12,15-16H,19H2,1H3,(H,21,22). The first-order valence-electron chi connectivity index (χ1n) is 7.14. The Labute approximate surface area is 129 Å². The van der Waals surface area contributed by atoms with Crippen LogP contribution in [0.3, 0.4) is 0 Å². The van der Waals surface area contributed by atoms with Gasteiger partial charge in [-0.2, -0.15) is 0 Å². The number of hydrogen-bond acceptors (Lipinski definition) is 3. The highest BCUT2D eigenvalue weighted by Crippen LogP contribution is 2.29. The third-order valence-corrected chi connectivity index (χ3v) is 3.82. The van der Waals surface area contributed by atoms with Gasteiger partial charge in [-0.1, -0.05) is 67.6 Å². The van der Waals surface area contributed by atoms with E-state index >= 15 is 0 Å². The molecule has 4 heteroatoms. The molecule has 3 N–H and O–H groups in total. The van der Waals surface area contributed by atoms with E-state index in [1.165, 1.54) is 0 Å². The number of rotatable bonds is 6. The summed E-state index contributed by atoms with van der Waals surface area (Å²) < 4.78 is 0. The summed E-state index contributed by atoms with van der Waals surface area (Å²) in [5.41, 5.74) is 7.31. The van der Waals surface area contributed by atoms with Crippen molar-refractivity contribution in [1.29, 1.82) is 0 Å². The van der Waals surface area contributed by atoms with Crippen LogP contribution in [-0.2, 0) is 9.59 Å². The van der Waals surface area contributed by atoms with E-state index in [9.17, 15) is 9.59 Å². The molecule has 2 rings (SSSR count). The molecule has 0 spiro atoms. The van der Waals surface area contributed by atoms with Crippen molar-refractivity contribution in [3.63, 3.8) is 0 Å². The normalized spacial score (nSPS) is 13.6. The predicted molar refractivity (Wildman–Crippen MR) is 84.5 cm³/mol. The lowest BCUT2D eigenvalue weighted by Gasteiger charge is -2.23. The highest BCUT2D eigenvalue weighted by atomic mass is 16.4. The van der Waals surface area contributed by atoms with Crippen molar-refractivity contribution in [2.75, 3.05) is 0 Å². The number of carbonyl (C=O) groups excluding carboxylic acids is 1. The Morgan fingerprint density at radius 2 is 1.32 bits per heavy atom. The maximum absolute atomic E-state index is 12.8. The Morgan fingerprint density at radius 3 is 1.68 bits per heavy atom. The summed E-state index contributed by atoms with van der Waals surface area (Å²) in [6.45, 7) is 1.57. The zero-order valence-corrected chi connectivity index (χ0v) is 12.3. The van der Waals surface area contributed by atoms with Gasteiger partial charge in [0.2, 0.25) is 0 Å². The predicted octanol–water partition coefficient (Wildman–Crippen LogP) is 2.44. The SMILES string of the molecule is CC(C(=O)C(c1ccccc1)c1ccccc1)C(N)C(=O)O. The van der Waals surface area contributed by atoms with Crippen molar-refractivity contribution in [2.24, 2.45) is 11.7 Å². The van der Waals surface area contributed by atoms with Gasteiger partial charge < -0.3 is 10.8 Å². The zero-order chi connectivity index (χ0) is 16.1. The lowest BCUT2D eigenvalue weighted by atomic mass is 9.81. The van der Waals surface area contributed by atoms with Crippen LogP contribution in [-0.4, -0.2) is 22.9 Å². The van der Waals surface area contributed by atoms with Crippen molar-refractivity contribution in [1.82, 2.24) is 0 Å². The van der Waals surface area contributed by atoms with Crippen molar-refractivity contribution >= 4 is 11.8 Å². The molecule has 2 unspecified atom stereocenters. The van der Waals surface area contributed by atoms with Gasteiger partial charge in [0, 0.05) is 5.92 Å². The van der Waals surface area contributed by atoms with Gasteiger partial charge in [0.1, 0.15) is 11.8 Å². The third-order valence-electron chi connectivity index (χ3n) is 3.82. The molecule has 2 atom stereocenters. The molecule has 0 radical (unpaired) electrons. The third kappa shape index (κ3) is 3.40. The van der Waals surface area contributed by atoms with Crippen LogP contribution < -0.4 is 5.73 Å². The topological polar surface area (TPSA) is 80.4 Å². The van der Waals surface area contributed by atoms with Crippen LogP contribution in [0.4, 0.5) is 0 Å². The minimum atomic E-state index is -1.21. The Kier molecular flexibility index (Phi) is 5.07. The van der Waals surface area contributed by atoms with Crippen molar-refractivity contribution in [3.8, 4) is 0 Å². The molecule has 22 heavy (non-hydrogen) atoms. The van der Waals surface area contributed by atoms with Crippen molar-refractivity contribution in [2.45, 2.75) is 18.9 Å². The van der Waals surface area contributed by atoms with E-state index < -0.39 is 23.8 Å². The van der Waals surface area contributed by atoms with Gasteiger partial charge in [0.15, 0.2) is 0 Å². The molecule has 0 saturated carbocycles. The number of carboxylic acids is 1. The first-order valence-corrected chi connectivity index (χ1v) is 7.14. The van der Waals surface area contributed by atoms with E-state index in [-0.39, 0.29) is 5.78 Å².